The van der Waals surface area contributed by atoms with Gasteiger partial charge in [-0.2, -0.15) is 0 Å². The van der Waals surface area contributed by atoms with Crippen molar-refractivity contribution in [2.24, 2.45) is 16.3 Å². The number of nitrogens with zero attached hydrogens (tertiary/aromatic N) is 3. The van der Waals surface area contributed by atoms with Crippen LogP contribution >= 0.6 is 0 Å². The molecule has 0 aromatic heterocycles. The molecule has 6 heteroatoms. The van der Waals surface area contributed by atoms with Gasteiger partial charge in [0.1, 0.15) is 0 Å². The van der Waals surface area contributed by atoms with Crippen LogP contribution in [0, 0.1) is 11.3 Å². The van der Waals surface area contributed by atoms with Crippen LogP contribution in [0.2, 0.25) is 0 Å². The van der Waals surface area contributed by atoms with Gasteiger partial charge in [0.2, 0.25) is 0 Å². The predicted molar refractivity (Wildman–Crippen MR) is 110 cm³/mol. The van der Waals surface area contributed by atoms with Crippen LogP contribution in [0.5, 0.6) is 0 Å². The van der Waals surface area contributed by atoms with E-state index in [1.165, 1.54) is 12.8 Å². The first-order chi connectivity index (χ1) is 13.0. The summed E-state index contributed by atoms with van der Waals surface area (Å²) in [5.74, 6) is 1.61. The van der Waals surface area contributed by atoms with E-state index in [4.69, 9.17) is 14.5 Å². The minimum Gasteiger partial charge on any atom is -0.379 e. The second-order valence-electron chi connectivity index (χ2n) is 9.29. The second-order valence-corrected chi connectivity index (χ2v) is 9.29. The fourth-order valence-electron chi connectivity index (χ4n) is 4.79. The van der Waals surface area contributed by atoms with Gasteiger partial charge in [-0.05, 0) is 31.6 Å². The summed E-state index contributed by atoms with van der Waals surface area (Å²) in [6.07, 6.45) is 3.91. The first-order valence-electron chi connectivity index (χ1n) is 11.0. The third-order valence-electron chi connectivity index (χ3n) is 6.13. The van der Waals surface area contributed by atoms with Gasteiger partial charge in [0.25, 0.3) is 0 Å². The highest BCUT2D eigenvalue weighted by Crippen LogP contribution is 2.34. The molecule has 6 nitrogen and oxygen atoms in total. The molecule has 3 fully saturated rings. The molecule has 3 saturated heterocycles. The first-order valence-corrected chi connectivity index (χ1v) is 11.0. The number of ether oxygens (including phenoxy) is 2. The Balaban J connectivity index is 1.60. The van der Waals surface area contributed by atoms with Crippen LogP contribution in [0.3, 0.4) is 0 Å². The van der Waals surface area contributed by atoms with Crippen molar-refractivity contribution in [2.75, 3.05) is 59.1 Å². The molecule has 3 aliphatic heterocycles. The third kappa shape index (κ3) is 5.58. The predicted octanol–water partition coefficient (Wildman–Crippen LogP) is 2.20. The zero-order chi connectivity index (χ0) is 19.3. The number of guanidine groups is 1. The quantitative estimate of drug-likeness (QED) is 0.599. The van der Waals surface area contributed by atoms with Gasteiger partial charge >= 0.3 is 0 Å². The number of hydrogen-bond acceptors (Lipinski definition) is 4. The van der Waals surface area contributed by atoms with E-state index in [1.807, 2.05) is 0 Å². The Morgan fingerprint density at radius 1 is 1.11 bits per heavy atom. The van der Waals surface area contributed by atoms with Gasteiger partial charge in [-0.3, -0.25) is 9.89 Å². The summed E-state index contributed by atoms with van der Waals surface area (Å²) in [6.45, 7) is 17.8. The maximum Gasteiger partial charge on any atom is 0.193 e. The monoisotopic (exact) mass is 380 g/mol. The largest absolute Gasteiger partial charge is 0.379 e. The maximum atomic E-state index is 6.15. The van der Waals surface area contributed by atoms with E-state index in [2.05, 4.69) is 42.8 Å². The van der Waals surface area contributed by atoms with Crippen molar-refractivity contribution < 1.29 is 9.47 Å². The SMILES string of the molecule is CCNC(=NCC1CCCOC1C(C)(C)C)N1CCC(N2CCOCC2)C1. The molecule has 0 amide bonds. The van der Waals surface area contributed by atoms with Gasteiger partial charge in [-0.25, -0.2) is 0 Å². The summed E-state index contributed by atoms with van der Waals surface area (Å²) in [5, 5.41) is 3.53. The molecule has 3 unspecified atom stereocenters. The van der Waals surface area contributed by atoms with E-state index in [9.17, 15) is 0 Å². The number of rotatable bonds is 4. The molecule has 0 radical (unpaired) electrons. The van der Waals surface area contributed by atoms with E-state index in [0.29, 0.717) is 18.1 Å². The van der Waals surface area contributed by atoms with E-state index >= 15 is 0 Å². The Hall–Kier alpha value is -0.850. The molecule has 27 heavy (non-hydrogen) atoms. The minimum atomic E-state index is 0.175. The van der Waals surface area contributed by atoms with Crippen LogP contribution in [0.15, 0.2) is 4.99 Å². The highest BCUT2D eigenvalue weighted by molar-refractivity contribution is 5.80. The Morgan fingerprint density at radius 3 is 2.59 bits per heavy atom. The zero-order valence-corrected chi connectivity index (χ0v) is 17.9. The van der Waals surface area contributed by atoms with Gasteiger partial charge < -0.3 is 19.7 Å². The van der Waals surface area contributed by atoms with E-state index < -0.39 is 0 Å². The molecule has 3 atom stereocenters. The number of aliphatic imine (C=N–C) groups is 1. The van der Waals surface area contributed by atoms with Crippen LogP contribution in [0.1, 0.15) is 47.0 Å². The molecule has 0 spiro atoms. The van der Waals surface area contributed by atoms with Crippen LogP contribution in [0.4, 0.5) is 0 Å². The smallest absolute Gasteiger partial charge is 0.193 e. The van der Waals surface area contributed by atoms with Crippen LogP contribution < -0.4 is 5.32 Å². The van der Waals surface area contributed by atoms with E-state index in [0.717, 1.165) is 71.5 Å². The summed E-state index contributed by atoms with van der Waals surface area (Å²) in [4.78, 5) is 10.1. The Labute approximate surface area is 165 Å². The Morgan fingerprint density at radius 2 is 1.89 bits per heavy atom. The number of hydrogen-bond donors (Lipinski definition) is 1. The lowest BCUT2D eigenvalue weighted by molar-refractivity contribution is -0.0824. The maximum absolute atomic E-state index is 6.15. The summed E-state index contributed by atoms with van der Waals surface area (Å²) >= 11 is 0. The molecular weight excluding hydrogens is 340 g/mol. The van der Waals surface area contributed by atoms with Crippen molar-refractivity contribution in [1.82, 2.24) is 15.1 Å². The molecule has 1 N–H and O–H groups in total. The van der Waals surface area contributed by atoms with Crippen molar-refractivity contribution in [2.45, 2.75) is 59.1 Å². The second kappa shape index (κ2) is 9.57. The van der Waals surface area contributed by atoms with Gasteiger partial charge in [-0.1, -0.05) is 20.8 Å². The Kier molecular flexibility index (Phi) is 7.40. The molecule has 0 aliphatic carbocycles. The lowest BCUT2D eigenvalue weighted by Gasteiger charge is -2.39. The van der Waals surface area contributed by atoms with Crippen molar-refractivity contribution in [3.8, 4) is 0 Å². The third-order valence-corrected chi connectivity index (χ3v) is 6.13. The first kappa shape index (κ1) is 20.9. The molecule has 3 aliphatic rings. The molecular formula is C21H40N4O2. The highest BCUT2D eigenvalue weighted by Gasteiger charge is 2.36. The molecule has 0 bridgehead atoms. The van der Waals surface area contributed by atoms with Crippen molar-refractivity contribution >= 4 is 5.96 Å². The van der Waals surface area contributed by atoms with E-state index in [1.54, 1.807) is 0 Å². The van der Waals surface area contributed by atoms with Crippen LogP contribution in [0.25, 0.3) is 0 Å². The van der Waals surface area contributed by atoms with Gasteiger partial charge in [0.05, 0.1) is 19.3 Å². The van der Waals surface area contributed by atoms with E-state index in [-0.39, 0.29) is 5.41 Å². The normalized spacial score (nSPS) is 31.3. The molecule has 3 heterocycles. The molecule has 0 aromatic rings. The van der Waals surface area contributed by atoms with Gasteiger partial charge in [-0.15, -0.1) is 0 Å². The average Bonchev–Trinajstić information content (AvgIpc) is 3.15. The average molecular weight is 381 g/mol. The van der Waals surface area contributed by atoms with Gasteiger partial charge in [0, 0.05) is 57.8 Å². The minimum absolute atomic E-state index is 0.175. The molecule has 3 rings (SSSR count). The van der Waals surface area contributed by atoms with Gasteiger partial charge in [0.15, 0.2) is 5.96 Å². The standard InChI is InChI=1S/C21H40N4O2/c1-5-22-20(23-15-17-7-6-12-27-19(17)21(2,3)4)25-9-8-18(16-25)24-10-13-26-14-11-24/h17-19H,5-16H2,1-4H3,(H,22,23). The number of likely N-dealkylation sites (tertiary alicyclic amines) is 1. The van der Waals surface area contributed by atoms with Crippen molar-refractivity contribution in [3.63, 3.8) is 0 Å². The fraction of sp³-hybridized carbons (Fsp3) is 0.952. The molecule has 156 valence electrons. The Bertz CT molecular complexity index is 485. The zero-order valence-electron chi connectivity index (χ0n) is 17.9. The summed E-state index contributed by atoms with van der Waals surface area (Å²) in [5.41, 5.74) is 0.175. The summed E-state index contributed by atoms with van der Waals surface area (Å²) in [7, 11) is 0. The van der Waals surface area contributed by atoms with Crippen LogP contribution in [-0.4, -0.2) is 87.0 Å². The molecule has 0 saturated carbocycles. The van der Waals surface area contributed by atoms with Crippen molar-refractivity contribution in [3.05, 3.63) is 0 Å². The molecule has 0 aromatic carbocycles. The summed E-state index contributed by atoms with van der Waals surface area (Å²) in [6, 6.07) is 0.637. The summed E-state index contributed by atoms with van der Waals surface area (Å²) < 4.78 is 11.7. The lowest BCUT2D eigenvalue weighted by Crippen LogP contribution is -2.47. The lowest BCUT2D eigenvalue weighted by atomic mass is 9.78. The number of morpholine rings is 1. The fourth-order valence-corrected chi connectivity index (χ4v) is 4.79. The van der Waals surface area contributed by atoms with Crippen LogP contribution in [-0.2, 0) is 9.47 Å². The number of nitrogens with one attached hydrogen (secondary N) is 1. The topological polar surface area (TPSA) is 49.3 Å². The highest BCUT2D eigenvalue weighted by atomic mass is 16.5. The van der Waals surface area contributed by atoms with Crippen molar-refractivity contribution in [1.29, 1.82) is 0 Å².